The van der Waals surface area contributed by atoms with E-state index >= 15 is 0 Å². The van der Waals surface area contributed by atoms with E-state index in [1.54, 1.807) is 0 Å². The van der Waals surface area contributed by atoms with Crippen molar-refractivity contribution in [2.24, 2.45) is 5.41 Å². The van der Waals surface area contributed by atoms with Crippen molar-refractivity contribution in [3.8, 4) is 11.4 Å². The van der Waals surface area contributed by atoms with E-state index in [1.165, 1.54) is 17.7 Å². The molecule has 1 aliphatic carbocycles. The van der Waals surface area contributed by atoms with E-state index in [0.717, 1.165) is 60.3 Å². The Morgan fingerprint density at radius 1 is 1.19 bits per heavy atom. The lowest BCUT2D eigenvalue weighted by atomic mass is 9.76. The molecule has 1 fully saturated rings. The van der Waals surface area contributed by atoms with Crippen molar-refractivity contribution in [3.63, 3.8) is 0 Å². The molecule has 0 saturated carbocycles. The largest absolute Gasteiger partial charge is 0.353 e. The molecule has 1 aromatic carbocycles. The van der Waals surface area contributed by atoms with Gasteiger partial charge in [0.25, 0.3) is 5.91 Å². The minimum Gasteiger partial charge on any atom is -0.353 e. The van der Waals surface area contributed by atoms with Crippen molar-refractivity contribution in [2.45, 2.75) is 46.1 Å². The summed E-state index contributed by atoms with van der Waals surface area (Å²) in [5, 5.41) is 12.4. The van der Waals surface area contributed by atoms with E-state index in [-0.39, 0.29) is 43.1 Å². The van der Waals surface area contributed by atoms with Gasteiger partial charge in [-0.1, -0.05) is 19.9 Å². The molecular formula is C23H32Cl3N5O. The highest BCUT2D eigenvalue weighted by atomic mass is 35.5. The zero-order valence-corrected chi connectivity index (χ0v) is 21.1. The summed E-state index contributed by atoms with van der Waals surface area (Å²) in [4.78, 5) is 18.4. The monoisotopic (exact) mass is 499 g/mol. The number of nitrogens with zero attached hydrogens (tertiary/aromatic N) is 2. The maximum Gasteiger partial charge on any atom is 0.254 e. The van der Waals surface area contributed by atoms with Gasteiger partial charge in [-0.15, -0.1) is 37.2 Å². The van der Waals surface area contributed by atoms with Crippen LogP contribution in [0.15, 0.2) is 24.3 Å². The fourth-order valence-corrected chi connectivity index (χ4v) is 4.76. The molecule has 3 N–H and O–H groups in total. The molecule has 6 nitrogen and oxygen atoms in total. The van der Waals surface area contributed by atoms with E-state index in [9.17, 15) is 4.79 Å². The number of amides is 1. The van der Waals surface area contributed by atoms with Crippen molar-refractivity contribution in [1.82, 2.24) is 25.4 Å². The van der Waals surface area contributed by atoms with Crippen LogP contribution in [-0.2, 0) is 12.8 Å². The molecule has 176 valence electrons. The van der Waals surface area contributed by atoms with E-state index in [2.05, 4.69) is 47.3 Å². The van der Waals surface area contributed by atoms with Gasteiger partial charge in [-0.25, -0.2) is 0 Å². The number of nitrogens with one attached hydrogen (secondary N) is 3. The Morgan fingerprint density at radius 3 is 2.72 bits per heavy atom. The molecule has 0 unspecified atom stereocenters. The number of hydrogen-bond acceptors (Lipinski definition) is 3. The number of benzene rings is 1. The first-order valence-corrected chi connectivity index (χ1v) is 10.6. The Hall–Kier alpha value is -1.73. The fraction of sp³-hybridized carbons (Fsp3) is 0.478. The van der Waals surface area contributed by atoms with Crippen LogP contribution in [0.25, 0.3) is 22.3 Å². The summed E-state index contributed by atoms with van der Waals surface area (Å²) in [5.74, 6) is 0.107. The van der Waals surface area contributed by atoms with Crippen molar-refractivity contribution in [3.05, 3.63) is 41.1 Å². The van der Waals surface area contributed by atoms with Crippen LogP contribution in [0.3, 0.4) is 0 Å². The Labute approximate surface area is 207 Å². The topological polar surface area (TPSA) is 76.8 Å². The summed E-state index contributed by atoms with van der Waals surface area (Å²) in [6.07, 6.45) is 3.26. The maximum atomic E-state index is 12.9. The first-order valence-electron chi connectivity index (χ1n) is 10.6. The average molecular weight is 501 g/mol. The first-order chi connectivity index (χ1) is 13.9. The minimum absolute atomic E-state index is 0. The Morgan fingerprint density at radius 2 is 1.97 bits per heavy atom. The predicted octanol–water partition coefficient (Wildman–Crippen LogP) is 4.77. The van der Waals surface area contributed by atoms with Crippen LogP contribution in [0.5, 0.6) is 0 Å². The quantitative estimate of drug-likeness (QED) is 0.474. The van der Waals surface area contributed by atoms with Crippen molar-refractivity contribution in [2.75, 3.05) is 19.6 Å². The molecule has 2 aromatic heterocycles. The molecule has 2 aliphatic rings. The molecule has 9 heteroatoms. The highest BCUT2D eigenvalue weighted by molar-refractivity contribution is 5.99. The number of carbonyl (C=O) groups is 1. The molecule has 0 bridgehead atoms. The third-order valence-electron chi connectivity index (χ3n) is 6.44. The van der Waals surface area contributed by atoms with Gasteiger partial charge < -0.3 is 15.2 Å². The second-order valence-corrected chi connectivity index (χ2v) is 9.46. The van der Waals surface area contributed by atoms with Crippen LogP contribution < -0.4 is 5.32 Å². The van der Waals surface area contributed by atoms with E-state index < -0.39 is 0 Å². The Bertz CT molecular complexity index is 1090. The van der Waals surface area contributed by atoms with Crippen molar-refractivity contribution >= 4 is 54.0 Å². The predicted molar refractivity (Wildman–Crippen MR) is 137 cm³/mol. The first kappa shape index (κ1) is 26.5. The minimum atomic E-state index is 0. The van der Waals surface area contributed by atoms with Gasteiger partial charge in [0, 0.05) is 53.4 Å². The van der Waals surface area contributed by atoms with Crippen LogP contribution in [0, 0.1) is 5.41 Å². The van der Waals surface area contributed by atoms with Gasteiger partial charge in [-0.2, -0.15) is 5.10 Å². The van der Waals surface area contributed by atoms with E-state index in [1.807, 2.05) is 23.1 Å². The number of fused-ring (bicyclic) bond motifs is 2. The summed E-state index contributed by atoms with van der Waals surface area (Å²) in [5.41, 5.74) is 6.70. The lowest BCUT2D eigenvalue weighted by Gasteiger charge is -2.32. The van der Waals surface area contributed by atoms with Crippen LogP contribution in [0.2, 0.25) is 0 Å². The van der Waals surface area contributed by atoms with Crippen molar-refractivity contribution < 1.29 is 4.79 Å². The molecule has 0 radical (unpaired) electrons. The maximum absolute atomic E-state index is 12.9. The van der Waals surface area contributed by atoms with Crippen LogP contribution >= 0.6 is 37.2 Å². The second-order valence-electron chi connectivity index (χ2n) is 9.46. The molecule has 1 amide bonds. The van der Waals surface area contributed by atoms with Crippen LogP contribution in [0.4, 0.5) is 0 Å². The molecule has 3 heterocycles. The van der Waals surface area contributed by atoms with Gasteiger partial charge in [-0.3, -0.25) is 9.89 Å². The molecular weight excluding hydrogens is 469 g/mol. The number of halogens is 3. The molecule has 0 spiro atoms. The van der Waals surface area contributed by atoms with Crippen LogP contribution in [0.1, 0.15) is 48.8 Å². The number of hydrogen-bond donors (Lipinski definition) is 3. The van der Waals surface area contributed by atoms with E-state index in [4.69, 9.17) is 0 Å². The van der Waals surface area contributed by atoms with Crippen LogP contribution in [-0.4, -0.2) is 51.7 Å². The average Bonchev–Trinajstić information content (AvgIpc) is 3.29. The SMILES string of the molecule is C[C@H]1CN(C(=O)c2ccc3cc(-c4n[nH]c5c4CCC(C)(C)C5)[nH]c3c2)CCN1.Cl.Cl.Cl. The molecule has 1 atom stereocenters. The Balaban J connectivity index is 0.00000121. The van der Waals surface area contributed by atoms with Gasteiger partial charge in [0.05, 0.1) is 5.69 Å². The number of rotatable bonds is 2. The molecule has 3 aromatic rings. The van der Waals surface area contributed by atoms with Gasteiger partial charge in [0.15, 0.2) is 0 Å². The zero-order chi connectivity index (χ0) is 20.2. The summed E-state index contributed by atoms with van der Waals surface area (Å²) in [7, 11) is 0. The lowest BCUT2D eigenvalue weighted by molar-refractivity contribution is 0.0709. The zero-order valence-electron chi connectivity index (χ0n) is 18.7. The number of piperazine rings is 1. The van der Waals surface area contributed by atoms with Crippen molar-refractivity contribution in [1.29, 1.82) is 0 Å². The molecule has 1 aliphatic heterocycles. The van der Waals surface area contributed by atoms with E-state index in [0.29, 0.717) is 11.5 Å². The summed E-state index contributed by atoms with van der Waals surface area (Å²) < 4.78 is 0. The molecule has 32 heavy (non-hydrogen) atoms. The lowest BCUT2D eigenvalue weighted by Crippen LogP contribution is -2.51. The number of aromatic nitrogens is 3. The number of carbonyl (C=O) groups excluding carboxylic acids is 1. The normalized spacial score (nSPS) is 19.3. The number of aromatic amines is 2. The summed E-state index contributed by atoms with van der Waals surface area (Å²) in [6.45, 7) is 9.11. The van der Waals surface area contributed by atoms with Gasteiger partial charge in [0.2, 0.25) is 0 Å². The standard InChI is InChI=1S/C23H29N5O.3ClH/c1-14-13-28(9-8-24-14)22(29)16-5-4-15-10-19(25-18(15)11-16)21-17-6-7-23(2,3)12-20(17)26-27-21;;;/h4-5,10-11,14,24-25H,6-9,12-13H2,1-3H3,(H,26,27);3*1H/t14-;;;/m0.../s1. The second kappa shape index (κ2) is 10.0. The summed E-state index contributed by atoms with van der Waals surface area (Å²) >= 11 is 0. The van der Waals surface area contributed by atoms with Gasteiger partial charge >= 0.3 is 0 Å². The van der Waals surface area contributed by atoms with Gasteiger partial charge in [-0.05, 0) is 49.8 Å². The smallest absolute Gasteiger partial charge is 0.254 e. The third kappa shape index (κ3) is 4.93. The molecule has 5 rings (SSSR count). The molecule has 1 saturated heterocycles. The highest BCUT2D eigenvalue weighted by Crippen LogP contribution is 2.38. The summed E-state index contributed by atoms with van der Waals surface area (Å²) in [6, 6.07) is 8.45. The number of H-pyrrole nitrogens is 2. The third-order valence-corrected chi connectivity index (χ3v) is 6.44. The van der Waals surface area contributed by atoms with Gasteiger partial charge in [0.1, 0.15) is 5.69 Å². The highest BCUT2D eigenvalue weighted by Gasteiger charge is 2.29. The fourth-order valence-electron chi connectivity index (χ4n) is 4.76. The Kier molecular flexibility index (Phi) is 8.32.